The lowest BCUT2D eigenvalue weighted by Crippen LogP contribution is -2.14. The van der Waals surface area contributed by atoms with Crippen LogP contribution in [0.15, 0.2) is 18.2 Å². The molecule has 0 aliphatic carbocycles. The van der Waals surface area contributed by atoms with Gasteiger partial charge in [-0.2, -0.15) is 0 Å². The highest BCUT2D eigenvalue weighted by Gasteiger charge is 2.17. The summed E-state index contributed by atoms with van der Waals surface area (Å²) < 4.78 is 41.4. The van der Waals surface area contributed by atoms with Crippen molar-refractivity contribution in [2.45, 2.75) is 18.7 Å². The summed E-state index contributed by atoms with van der Waals surface area (Å²) in [5.41, 5.74) is 6.02. The molecule has 0 saturated carbocycles. The Hall–Kier alpha value is -1.47. The molecule has 0 aliphatic rings. The number of carbonyl (C=O) groups excluding carboxylic acids is 1. The van der Waals surface area contributed by atoms with Crippen LogP contribution >= 0.6 is 0 Å². The Kier molecular flexibility index (Phi) is 5.44. The monoisotopic (exact) mass is 289 g/mol. The Morgan fingerprint density at radius 2 is 2.11 bits per heavy atom. The molecule has 0 radical (unpaired) electrons. The van der Waals surface area contributed by atoms with Gasteiger partial charge in [0, 0.05) is 12.1 Å². The maximum atomic E-state index is 13.6. The molecular formula is C12H16FNO4S. The third-order valence-electron chi connectivity index (χ3n) is 2.57. The van der Waals surface area contributed by atoms with Crippen molar-refractivity contribution in [2.24, 2.45) is 5.73 Å². The molecule has 106 valence electrons. The predicted molar refractivity (Wildman–Crippen MR) is 68.4 cm³/mol. The Bertz CT molecular complexity index is 557. The molecule has 2 N–H and O–H groups in total. The van der Waals surface area contributed by atoms with Gasteiger partial charge in [-0.3, -0.25) is 4.79 Å². The van der Waals surface area contributed by atoms with Crippen LogP contribution in [-0.4, -0.2) is 27.2 Å². The van der Waals surface area contributed by atoms with Crippen molar-refractivity contribution in [2.75, 3.05) is 12.9 Å². The van der Waals surface area contributed by atoms with Crippen molar-refractivity contribution >= 4 is 15.8 Å². The number of rotatable bonds is 6. The molecule has 0 amide bonds. The van der Waals surface area contributed by atoms with Crippen LogP contribution in [-0.2, 0) is 31.7 Å². The molecular weight excluding hydrogens is 273 g/mol. The van der Waals surface area contributed by atoms with E-state index in [2.05, 4.69) is 4.74 Å². The molecule has 7 heteroatoms. The fourth-order valence-corrected chi connectivity index (χ4v) is 2.81. The number of hydrogen-bond acceptors (Lipinski definition) is 5. The van der Waals surface area contributed by atoms with E-state index in [1.807, 2.05) is 0 Å². The smallest absolute Gasteiger partial charge is 0.306 e. The van der Waals surface area contributed by atoms with Gasteiger partial charge in [-0.25, -0.2) is 12.8 Å². The largest absolute Gasteiger partial charge is 0.469 e. The maximum Gasteiger partial charge on any atom is 0.306 e. The van der Waals surface area contributed by atoms with Gasteiger partial charge in [0.15, 0.2) is 9.84 Å². The minimum Gasteiger partial charge on any atom is -0.469 e. The Labute approximate surface area is 111 Å². The Morgan fingerprint density at radius 3 is 2.63 bits per heavy atom. The number of nitrogens with two attached hydrogens (primary N) is 1. The second-order valence-corrected chi connectivity index (χ2v) is 6.23. The zero-order valence-corrected chi connectivity index (χ0v) is 11.4. The van der Waals surface area contributed by atoms with Crippen LogP contribution in [0.3, 0.4) is 0 Å². The van der Waals surface area contributed by atoms with Crippen LogP contribution < -0.4 is 5.73 Å². The summed E-state index contributed by atoms with van der Waals surface area (Å²) in [6.07, 6.45) is -0.235. The van der Waals surface area contributed by atoms with Crippen molar-refractivity contribution in [1.29, 1.82) is 0 Å². The average Bonchev–Trinajstić information content (AvgIpc) is 2.38. The molecule has 0 atom stereocenters. The maximum absolute atomic E-state index is 13.6. The first-order valence-electron chi connectivity index (χ1n) is 5.62. The van der Waals surface area contributed by atoms with Crippen molar-refractivity contribution in [3.8, 4) is 0 Å². The van der Waals surface area contributed by atoms with Crippen molar-refractivity contribution in [3.63, 3.8) is 0 Å². The first-order valence-corrected chi connectivity index (χ1v) is 7.44. The predicted octanol–water partition coefficient (Wildman–Crippen LogP) is 0.762. The van der Waals surface area contributed by atoms with Gasteiger partial charge >= 0.3 is 5.97 Å². The van der Waals surface area contributed by atoms with Gasteiger partial charge in [-0.15, -0.1) is 0 Å². The summed E-state index contributed by atoms with van der Waals surface area (Å²) >= 11 is 0. The molecule has 1 aromatic carbocycles. The summed E-state index contributed by atoms with van der Waals surface area (Å²) in [6.45, 7) is 0.187. The van der Waals surface area contributed by atoms with E-state index in [4.69, 9.17) is 5.73 Å². The molecule has 0 aromatic heterocycles. The number of ether oxygens (including phenoxy) is 1. The molecule has 0 spiro atoms. The second kappa shape index (κ2) is 6.63. The Morgan fingerprint density at radius 1 is 1.42 bits per heavy atom. The van der Waals surface area contributed by atoms with Gasteiger partial charge in [-0.1, -0.05) is 12.1 Å². The lowest BCUT2D eigenvalue weighted by Gasteiger charge is -2.06. The molecule has 19 heavy (non-hydrogen) atoms. The zero-order valence-electron chi connectivity index (χ0n) is 10.6. The SMILES string of the molecule is COC(=O)CCS(=O)(=O)Cc1ccc(CN)cc1F. The summed E-state index contributed by atoms with van der Waals surface area (Å²) in [4.78, 5) is 10.9. The van der Waals surface area contributed by atoms with Gasteiger partial charge in [0.1, 0.15) is 5.82 Å². The van der Waals surface area contributed by atoms with E-state index in [0.29, 0.717) is 5.56 Å². The van der Waals surface area contributed by atoms with Gasteiger partial charge in [0.05, 0.1) is 25.0 Å². The molecule has 0 bridgehead atoms. The standard InChI is InChI=1S/C12H16FNO4S/c1-18-12(15)4-5-19(16,17)8-10-3-2-9(7-14)6-11(10)13/h2-3,6H,4-5,7-8,14H2,1H3. The van der Waals surface area contributed by atoms with Gasteiger partial charge in [0.2, 0.25) is 0 Å². The van der Waals surface area contributed by atoms with Crippen LogP contribution in [0.1, 0.15) is 17.5 Å². The normalized spacial score (nSPS) is 11.3. The highest BCUT2D eigenvalue weighted by Crippen LogP contribution is 2.14. The molecule has 0 aliphatic heterocycles. The van der Waals surface area contributed by atoms with E-state index in [1.165, 1.54) is 19.2 Å². The van der Waals surface area contributed by atoms with Gasteiger partial charge in [0.25, 0.3) is 0 Å². The first-order chi connectivity index (χ1) is 8.88. The molecule has 1 rings (SSSR count). The zero-order chi connectivity index (χ0) is 14.5. The summed E-state index contributed by atoms with van der Waals surface area (Å²) in [7, 11) is -2.37. The lowest BCUT2D eigenvalue weighted by atomic mass is 10.1. The average molecular weight is 289 g/mol. The molecule has 1 aromatic rings. The molecule has 5 nitrogen and oxygen atoms in total. The van der Waals surface area contributed by atoms with Crippen LogP contribution in [0.5, 0.6) is 0 Å². The van der Waals surface area contributed by atoms with Crippen LogP contribution in [0.4, 0.5) is 4.39 Å². The van der Waals surface area contributed by atoms with Crippen molar-refractivity contribution in [3.05, 3.63) is 35.1 Å². The molecule has 0 fully saturated rings. The first kappa shape index (κ1) is 15.6. The summed E-state index contributed by atoms with van der Waals surface area (Å²) in [6, 6.07) is 4.19. The molecule has 0 heterocycles. The number of esters is 1. The van der Waals surface area contributed by atoms with E-state index in [0.717, 1.165) is 0 Å². The topological polar surface area (TPSA) is 86.5 Å². The number of sulfone groups is 1. The third-order valence-corrected chi connectivity index (χ3v) is 4.15. The number of methoxy groups -OCH3 is 1. The van der Waals surface area contributed by atoms with Gasteiger partial charge in [-0.05, 0) is 11.6 Å². The second-order valence-electron chi connectivity index (χ2n) is 4.05. The highest BCUT2D eigenvalue weighted by molar-refractivity contribution is 7.90. The van der Waals surface area contributed by atoms with E-state index in [-0.39, 0.29) is 24.3 Å². The number of hydrogen-bond donors (Lipinski definition) is 1. The Balaban J connectivity index is 2.75. The third kappa shape index (κ3) is 4.96. The van der Waals surface area contributed by atoms with E-state index >= 15 is 0 Å². The van der Waals surface area contributed by atoms with Crippen molar-refractivity contribution in [1.82, 2.24) is 0 Å². The molecule has 0 saturated heterocycles. The number of halogens is 1. The lowest BCUT2D eigenvalue weighted by molar-refractivity contribution is -0.140. The van der Waals surface area contributed by atoms with Crippen molar-refractivity contribution < 1.29 is 22.3 Å². The highest BCUT2D eigenvalue weighted by atomic mass is 32.2. The summed E-state index contributed by atoms with van der Waals surface area (Å²) in [5.74, 6) is -2.02. The summed E-state index contributed by atoms with van der Waals surface area (Å²) in [5, 5.41) is 0. The minimum absolute atomic E-state index is 0.0714. The fourth-order valence-electron chi connectivity index (χ4n) is 1.48. The molecule has 0 unspecified atom stereocenters. The number of benzene rings is 1. The number of carbonyl (C=O) groups is 1. The van der Waals surface area contributed by atoms with E-state index in [1.54, 1.807) is 6.07 Å². The minimum atomic E-state index is -3.55. The van der Waals surface area contributed by atoms with E-state index < -0.39 is 27.4 Å². The van der Waals surface area contributed by atoms with Crippen LogP contribution in [0.25, 0.3) is 0 Å². The van der Waals surface area contributed by atoms with Crippen LogP contribution in [0.2, 0.25) is 0 Å². The quantitative estimate of drug-likeness (QED) is 0.781. The van der Waals surface area contributed by atoms with E-state index in [9.17, 15) is 17.6 Å². The van der Waals surface area contributed by atoms with Crippen LogP contribution in [0, 0.1) is 5.82 Å². The fraction of sp³-hybridized carbons (Fsp3) is 0.417. The van der Waals surface area contributed by atoms with Gasteiger partial charge < -0.3 is 10.5 Å².